The van der Waals surface area contributed by atoms with Crippen LogP contribution in [-0.4, -0.2) is 50.3 Å². The van der Waals surface area contributed by atoms with E-state index in [0.29, 0.717) is 32.8 Å². The van der Waals surface area contributed by atoms with E-state index in [9.17, 15) is 13.2 Å². The number of morpholine rings is 1. The lowest BCUT2D eigenvalue weighted by Gasteiger charge is -2.45. The zero-order valence-electron chi connectivity index (χ0n) is 11.9. The molecule has 2 heterocycles. The van der Waals surface area contributed by atoms with Crippen molar-refractivity contribution in [2.24, 2.45) is 0 Å². The number of anilines is 1. The molecule has 22 heavy (non-hydrogen) atoms. The summed E-state index contributed by atoms with van der Waals surface area (Å²) in [7, 11) is 0. The van der Waals surface area contributed by atoms with Gasteiger partial charge >= 0.3 is 6.18 Å². The number of hydrogen-bond donors (Lipinski definition) is 0. The van der Waals surface area contributed by atoms with E-state index in [4.69, 9.17) is 10.00 Å². The molecule has 0 radical (unpaired) electrons. The standard InChI is InChI=1S/C15H16F3N3O/c16-15(17,18)13-2-1-11(8-19)7-14(13)21-4-3-20-5-6-22-10-12(20)9-21/h1-2,7,12H,3-6,9-10H2/t12-/m1/s1. The first kappa shape index (κ1) is 15.1. The Morgan fingerprint density at radius 1 is 1.23 bits per heavy atom. The van der Waals surface area contributed by atoms with E-state index in [2.05, 4.69) is 4.90 Å². The van der Waals surface area contributed by atoms with Crippen LogP contribution in [0.3, 0.4) is 0 Å². The highest BCUT2D eigenvalue weighted by atomic mass is 19.4. The molecule has 0 aliphatic carbocycles. The van der Waals surface area contributed by atoms with Gasteiger partial charge in [-0.1, -0.05) is 0 Å². The van der Waals surface area contributed by atoms with E-state index in [1.54, 1.807) is 4.90 Å². The van der Waals surface area contributed by atoms with Crippen molar-refractivity contribution in [3.63, 3.8) is 0 Å². The van der Waals surface area contributed by atoms with Gasteiger partial charge in [-0.2, -0.15) is 18.4 Å². The van der Waals surface area contributed by atoms with Crippen molar-refractivity contribution >= 4 is 5.69 Å². The quantitative estimate of drug-likeness (QED) is 0.796. The Morgan fingerprint density at radius 3 is 2.77 bits per heavy atom. The maximum atomic E-state index is 13.2. The highest BCUT2D eigenvalue weighted by molar-refractivity contribution is 5.59. The normalized spacial score (nSPS) is 23.0. The molecule has 2 fully saturated rings. The molecule has 3 rings (SSSR count). The summed E-state index contributed by atoms with van der Waals surface area (Å²) in [6, 6.07) is 5.57. The van der Waals surface area contributed by atoms with E-state index in [-0.39, 0.29) is 17.3 Å². The van der Waals surface area contributed by atoms with Crippen molar-refractivity contribution < 1.29 is 17.9 Å². The van der Waals surface area contributed by atoms with Gasteiger partial charge in [-0.15, -0.1) is 0 Å². The smallest absolute Gasteiger partial charge is 0.378 e. The molecule has 118 valence electrons. The summed E-state index contributed by atoms with van der Waals surface area (Å²) in [6.07, 6.45) is -4.43. The van der Waals surface area contributed by atoms with Crippen LogP contribution in [0, 0.1) is 11.3 Å². The summed E-state index contributed by atoms with van der Waals surface area (Å²) in [5, 5.41) is 8.96. The molecule has 7 heteroatoms. The van der Waals surface area contributed by atoms with E-state index in [1.165, 1.54) is 12.1 Å². The Kier molecular flexibility index (Phi) is 3.98. The molecule has 2 saturated heterocycles. The van der Waals surface area contributed by atoms with Gasteiger partial charge in [0.15, 0.2) is 0 Å². The zero-order valence-corrected chi connectivity index (χ0v) is 11.9. The van der Waals surface area contributed by atoms with E-state index >= 15 is 0 Å². The van der Waals surface area contributed by atoms with Crippen molar-refractivity contribution in [3.8, 4) is 6.07 Å². The maximum absolute atomic E-state index is 13.2. The molecule has 1 atom stereocenters. The lowest BCUT2D eigenvalue weighted by molar-refractivity contribution is -0.137. The Bertz CT molecular complexity index is 597. The van der Waals surface area contributed by atoms with Crippen LogP contribution in [0.5, 0.6) is 0 Å². The van der Waals surface area contributed by atoms with Crippen LogP contribution < -0.4 is 4.90 Å². The summed E-state index contributed by atoms with van der Waals surface area (Å²) in [5.41, 5.74) is -0.348. The molecule has 1 aromatic carbocycles. The van der Waals surface area contributed by atoms with Gasteiger partial charge < -0.3 is 9.64 Å². The van der Waals surface area contributed by atoms with Crippen molar-refractivity contribution in [2.45, 2.75) is 12.2 Å². The molecule has 1 aromatic rings. The number of hydrogen-bond acceptors (Lipinski definition) is 4. The summed E-state index contributed by atoms with van der Waals surface area (Å²) < 4.78 is 45.1. The summed E-state index contributed by atoms with van der Waals surface area (Å²) in [6.45, 7) is 3.75. The average molecular weight is 311 g/mol. The van der Waals surface area contributed by atoms with E-state index in [0.717, 1.165) is 12.6 Å². The van der Waals surface area contributed by atoms with E-state index in [1.807, 2.05) is 6.07 Å². The zero-order chi connectivity index (χ0) is 15.7. The van der Waals surface area contributed by atoms with Crippen LogP contribution in [-0.2, 0) is 10.9 Å². The van der Waals surface area contributed by atoms with Crippen LogP contribution in [0.1, 0.15) is 11.1 Å². The van der Waals surface area contributed by atoms with Crippen molar-refractivity contribution in [2.75, 3.05) is 44.3 Å². The third-order valence-corrected chi connectivity index (χ3v) is 4.21. The van der Waals surface area contributed by atoms with Gasteiger partial charge in [-0.3, -0.25) is 4.90 Å². The van der Waals surface area contributed by atoms with Crippen molar-refractivity contribution in [3.05, 3.63) is 29.3 Å². The first-order valence-electron chi connectivity index (χ1n) is 7.17. The summed E-state index contributed by atoms with van der Waals surface area (Å²) in [4.78, 5) is 3.97. The minimum absolute atomic E-state index is 0.0942. The number of rotatable bonds is 1. The van der Waals surface area contributed by atoms with Gasteiger partial charge in [0.2, 0.25) is 0 Å². The molecule has 0 unspecified atom stereocenters. The fourth-order valence-corrected chi connectivity index (χ4v) is 3.07. The first-order chi connectivity index (χ1) is 10.5. The Balaban J connectivity index is 1.91. The molecule has 2 aliphatic rings. The van der Waals surface area contributed by atoms with Crippen LogP contribution in [0.15, 0.2) is 18.2 Å². The lowest BCUT2D eigenvalue weighted by atomic mass is 10.0. The molecule has 4 nitrogen and oxygen atoms in total. The highest BCUT2D eigenvalue weighted by Gasteiger charge is 2.37. The number of fused-ring (bicyclic) bond motifs is 1. The molecule has 2 aliphatic heterocycles. The second kappa shape index (κ2) is 5.78. The topological polar surface area (TPSA) is 39.5 Å². The molecular weight excluding hydrogens is 295 g/mol. The predicted molar refractivity (Wildman–Crippen MR) is 74.6 cm³/mol. The second-order valence-corrected chi connectivity index (χ2v) is 5.55. The SMILES string of the molecule is N#Cc1ccc(C(F)(F)F)c(N2CCN3CCOC[C@H]3C2)c1. The number of ether oxygens (including phenoxy) is 1. The van der Waals surface area contributed by atoms with E-state index < -0.39 is 11.7 Å². The number of halogens is 3. The minimum Gasteiger partial charge on any atom is -0.378 e. The van der Waals surface area contributed by atoms with Gasteiger partial charge in [0.25, 0.3) is 0 Å². The Morgan fingerprint density at radius 2 is 2.05 bits per heavy atom. The molecule has 0 spiro atoms. The third-order valence-electron chi connectivity index (χ3n) is 4.21. The van der Waals surface area contributed by atoms with Gasteiger partial charge in [0.1, 0.15) is 0 Å². The largest absolute Gasteiger partial charge is 0.418 e. The van der Waals surface area contributed by atoms with Gasteiger partial charge in [-0.05, 0) is 18.2 Å². The third kappa shape index (κ3) is 2.89. The number of benzene rings is 1. The summed E-state index contributed by atoms with van der Waals surface area (Å²) in [5.74, 6) is 0. The average Bonchev–Trinajstić information content (AvgIpc) is 2.53. The molecular formula is C15H16F3N3O. The lowest BCUT2D eigenvalue weighted by Crippen LogP contribution is -2.58. The van der Waals surface area contributed by atoms with Crippen LogP contribution in [0.25, 0.3) is 0 Å². The van der Waals surface area contributed by atoms with Gasteiger partial charge in [0.05, 0.1) is 42.1 Å². The fraction of sp³-hybridized carbons (Fsp3) is 0.533. The molecule has 0 aromatic heterocycles. The highest BCUT2D eigenvalue weighted by Crippen LogP contribution is 2.38. The summed E-state index contributed by atoms with van der Waals surface area (Å²) >= 11 is 0. The first-order valence-corrected chi connectivity index (χ1v) is 7.17. The molecule has 0 saturated carbocycles. The van der Waals surface area contributed by atoms with Gasteiger partial charge in [-0.25, -0.2) is 0 Å². The number of alkyl halides is 3. The predicted octanol–water partition coefficient (Wildman–Crippen LogP) is 2.10. The maximum Gasteiger partial charge on any atom is 0.418 e. The molecule has 0 amide bonds. The van der Waals surface area contributed by atoms with Crippen molar-refractivity contribution in [1.82, 2.24) is 4.90 Å². The minimum atomic E-state index is -4.43. The molecule has 0 N–H and O–H groups in total. The van der Waals surface area contributed by atoms with Crippen LogP contribution in [0.2, 0.25) is 0 Å². The Labute approximate surface area is 126 Å². The monoisotopic (exact) mass is 311 g/mol. The van der Waals surface area contributed by atoms with Crippen LogP contribution in [0.4, 0.5) is 18.9 Å². The van der Waals surface area contributed by atoms with Gasteiger partial charge in [0, 0.05) is 26.2 Å². The number of nitrogens with zero attached hydrogens (tertiary/aromatic N) is 3. The fourth-order valence-electron chi connectivity index (χ4n) is 3.07. The Hall–Kier alpha value is -1.78. The second-order valence-electron chi connectivity index (χ2n) is 5.55. The van der Waals surface area contributed by atoms with Crippen molar-refractivity contribution in [1.29, 1.82) is 5.26 Å². The molecule has 0 bridgehead atoms. The number of nitriles is 1. The van der Waals surface area contributed by atoms with Crippen LogP contribution >= 0.6 is 0 Å². The number of piperazine rings is 1.